The number of ether oxygens (including phenoxy) is 1. The van der Waals surface area contributed by atoms with E-state index in [9.17, 15) is 19.2 Å². The topological polar surface area (TPSA) is 82.4 Å². The molecular formula is C23H24FN3O3. The number of carbonyl (C=O) groups excluding carboxylic acids is 2. The molecule has 1 atom stereocenters. The Kier molecular flexibility index (Phi) is 7.39. The molecule has 0 radical (unpaired) electrons. The average Bonchev–Trinajstić information content (AvgIpc) is 2.78. The molecule has 1 unspecified atom stereocenters. The maximum atomic E-state index is 13.9. The Labute approximate surface area is 175 Å². The van der Waals surface area contributed by atoms with Gasteiger partial charge in [-0.1, -0.05) is 36.4 Å². The summed E-state index contributed by atoms with van der Waals surface area (Å²) in [6.45, 7) is 1.24. The van der Waals surface area contributed by atoms with Crippen molar-refractivity contribution < 1.29 is 18.7 Å². The van der Waals surface area contributed by atoms with Gasteiger partial charge < -0.3 is 15.0 Å². The molecule has 7 heteroatoms. The summed E-state index contributed by atoms with van der Waals surface area (Å²) in [6.07, 6.45) is 1.29. The van der Waals surface area contributed by atoms with Crippen molar-refractivity contribution >= 4 is 11.8 Å². The zero-order valence-electron chi connectivity index (χ0n) is 16.6. The highest BCUT2D eigenvalue weighted by atomic mass is 19.1. The summed E-state index contributed by atoms with van der Waals surface area (Å²) < 4.78 is 19.5. The number of nitrogens with zero attached hydrogens (tertiary/aromatic N) is 2. The molecule has 1 saturated heterocycles. The van der Waals surface area contributed by atoms with Gasteiger partial charge in [-0.3, -0.25) is 9.59 Å². The molecule has 2 aromatic rings. The lowest BCUT2D eigenvalue weighted by Crippen LogP contribution is -2.44. The smallest absolute Gasteiger partial charge is 0.225 e. The van der Waals surface area contributed by atoms with Crippen LogP contribution in [0, 0.1) is 23.1 Å². The summed E-state index contributed by atoms with van der Waals surface area (Å²) in [7, 11) is 0. The first-order valence-electron chi connectivity index (χ1n) is 9.98. The van der Waals surface area contributed by atoms with Gasteiger partial charge in [-0.25, -0.2) is 4.39 Å². The van der Waals surface area contributed by atoms with Crippen LogP contribution in [0.4, 0.5) is 4.39 Å². The molecular weight excluding hydrogens is 385 g/mol. The van der Waals surface area contributed by atoms with Crippen molar-refractivity contribution in [1.29, 1.82) is 5.26 Å². The molecule has 0 aliphatic carbocycles. The van der Waals surface area contributed by atoms with Gasteiger partial charge in [0.05, 0.1) is 19.1 Å². The number of likely N-dealkylation sites (tertiary alicyclic amines) is 1. The van der Waals surface area contributed by atoms with E-state index in [-0.39, 0.29) is 29.7 Å². The first-order chi connectivity index (χ1) is 14.6. The number of amides is 2. The van der Waals surface area contributed by atoms with E-state index in [0.29, 0.717) is 32.5 Å². The van der Waals surface area contributed by atoms with E-state index in [1.54, 1.807) is 11.0 Å². The number of hydrogen-bond donors (Lipinski definition) is 1. The van der Waals surface area contributed by atoms with E-state index in [1.807, 2.05) is 36.4 Å². The molecule has 3 rings (SSSR count). The Hall–Kier alpha value is -3.40. The maximum absolute atomic E-state index is 13.9. The van der Waals surface area contributed by atoms with Crippen molar-refractivity contribution in [3.8, 4) is 11.8 Å². The van der Waals surface area contributed by atoms with Crippen molar-refractivity contribution in [2.45, 2.75) is 25.3 Å². The lowest BCUT2D eigenvalue weighted by Gasteiger charge is -2.31. The minimum Gasteiger partial charge on any atom is -0.493 e. The van der Waals surface area contributed by atoms with Gasteiger partial charge in [0, 0.05) is 24.6 Å². The first kappa shape index (κ1) is 21.3. The first-order valence-corrected chi connectivity index (χ1v) is 9.98. The molecule has 6 nitrogen and oxygen atoms in total. The molecule has 1 N–H and O–H groups in total. The Morgan fingerprint density at radius 3 is 2.47 bits per heavy atom. The minimum atomic E-state index is -1.03. The quantitative estimate of drug-likeness (QED) is 0.761. The molecule has 30 heavy (non-hydrogen) atoms. The van der Waals surface area contributed by atoms with E-state index in [2.05, 4.69) is 5.32 Å². The van der Waals surface area contributed by atoms with Crippen LogP contribution in [0.25, 0.3) is 0 Å². The molecule has 1 fully saturated rings. The number of nitriles is 1. The molecule has 0 saturated carbocycles. The summed E-state index contributed by atoms with van der Waals surface area (Å²) >= 11 is 0. The summed E-state index contributed by atoms with van der Waals surface area (Å²) in [5, 5.41) is 12.0. The number of carbonyl (C=O) groups is 2. The second kappa shape index (κ2) is 10.4. The third-order valence-electron chi connectivity index (χ3n) is 5.18. The maximum Gasteiger partial charge on any atom is 0.225 e. The summed E-state index contributed by atoms with van der Waals surface area (Å²) in [5.41, 5.74) is 0.152. The van der Waals surface area contributed by atoms with Gasteiger partial charge in [-0.2, -0.15) is 5.26 Å². The fourth-order valence-electron chi connectivity index (χ4n) is 3.47. The van der Waals surface area contributed by atoms with E-state index in [4.69, 9.17) is 4.74 Å². The van der Waals surface area contributed by atoms with E-state index >= 15 is 0 Å². The lowest BCUT2D eigenvalue weighted by molar-refractivity contribution is -0.136. The molecule has 0 spiro atoms. The van der Waals surface area contributed by atoms with Crippen molar-refractivity contribution in [2.75, 3.05) is 19.7 Å². The Morgan fingerprint density at radius 1 is 1.13 bits per heavy atom. The SMILES string of the molecule is N#CC(NC(=O)C1CCN(C(=O)CCOc2ccccc2)CC1)c1ccccc1F. The number of nitrogens with one attached hydrogen (secondary N) is 1. The number of halogens is 1. The van der Waals surface area contributed by atoms with Gasteiger partial charge in [0.15, 0.2) is 0 Å². The highest BCUT2D eigenvalue weighted by Crippen LogP contribution is 2.21. The third kappa shape index (κ3) is 5.57. The second-order valence-corrected chi connectivity index (χ2v) is 7.16. The predicted molar refractivity (Wildman–Crippen MR) is 109 cm³/mol. The van der Waals surface area contributed by atoms with Gasteiger partial charge in [-0.05, 0) is 31.0 Å². The monoisotopic (exact) mass is 409 g/mol. The third-order valence-corrected chi connectivity index (χ3v) is 5.18. The van der Waals surface area contributed by atoms with Crippen LogP contribution in [0.1, 0.15) is 30.9 Å². The predicted octanol–water partition coefficient (Wildman–Crippen LogP) is 3.21. The summed E-state index contributed by atoms with van der Waals surface area (Å²) in [4.78, 5) is 26.7. The van der Waals surface area contributed by atoms with Gasteiger partial charge in [0.2, 0.25) is 11.8 Å². The second-order valence-electron chi connectivity index (χ2n) is 7.16. The van der Waals surface area contributed by atoms with Gasteiger partial charge in [0.1, 0.15) is 17.6 Å². The number of piperidine rings is 1. The van der Waals surface area contributed by atoms with Crippen molar-refractivity contribution in [3.63, 3.8) is 0 Å². The van der Waals surface area contributed by atoms with Crippen LogP contribution in [0.2, 0.25) is 0 Å². The average molecular weight is 409 g/mol. The van der Waals surface area contributed by atoms with Crippen LogP contribution in [0.3, 0.4) is 0 Å². The normalized spacial score (nSPS) is 15.1. The number of para-hydroxylation sites is 1. The summed E-state index contributed by atoms with van der Waals surface area (Å²) in [5.74, 6) is -0.405. The number of hydrogen-bond acceptors (Lipinski definition) is 4. The Balaban J connectivity index is 1.44. The molecule has 2 amide bonds. The van der Waals surface area contributed by atoms with E-state index < -0.39 is 11.9 Å². The van der Waals surface area contributed by atoms with Crippen LogP contribution in [0.15, 0.2) is 54.6 Å². The highest BCUT2D eigenvalue weighted by Gasteiger charge is 2.29. The van der Waals surface area contributed by atoms with Crippen LogP contribution >= 0.6 is 0 Å². The number of benzene rings is 2. The fraction of sp³-hybridized carbons (Fsp3) is 0.348. The lowest BCUT2D eigenvalue weighted by atomic mass is 9.95. The Morgan fingerprint density at radius 2 is 1.80 bits per heavy atom. The van der Waals surface area contributed by atoms with Crippen LogP contribution in [-0.2, 0) is 9.59 Å². The van der Waals surface area contributed by atoms with Crippen LogP contribution in [-0.4, -0.2) is 36.4 Å². The van der Waals surface area contributed by atoms with Gasteiger partial charge in [-0.15, -0.1) is 0 Å². The molecule has 1 aliphatic heterocycles. The summed E-state index contributed by atoms with van der Waals surface area (Å²) in [6, 6.07) is 16.1. The largest absolute Gasteiger partial charge is 0.493 e. The minimum absolute atomic E-state index is 0.00829. The molecule has 0 bridgehead atoms. The van der Waals surface area contributed by atoms with Crippen molar-refractivity contribution in [2.24, 2.45) is 5.92 Å². The van der Waals surface area contributed by atoms with E-state index in [0.717, 1.165) is 5.75 Å². The molecule has 1 heterocycles. The fourth-order valence-corrected chi connectivity index (χ4v) is 3.47. The standard InChI is InChI=1S/C23H24FN3O3/c24-20-9-5-4-8-19(20)21(16-25)26-23(29)17-10-13-27(14-11-17)22(28)12-15-30-18-6-2-1-3-7-18/h1-9,17,21H,10-15H2,(H,26,29). The molecule has 0 aromatic heterocycles. The van der Waals surface area contributed by atoms with Crippen LogP contribution < -0.4 is 10.1 Å². The van der Waals surface area contributed by atoms with Crippen molar-refractivity contribution in [3.05, 3.63) is 66.0 Å². The highest BCUT2D eigenvalue weighted by molar-refractivity contribution is 5.80. The van der Waals surface area contributed by atoms with Gasteiger partial charge >= 0.3 is 0 Å². The molecule has 2 aromatic carbocycles. The molecule has 156 valence electrons. The van der Waals surface area contributed by atoms with Crippen molar-refractivity contribution in [1.82, 2.24) is 10.2 Å². The van der Waals surface area contributed by atoms with Crippen LogP contribution in [0.5, 0.6) is 5.75 Å². The zero-order chi connectivity index (χ0) is 21.3. The van der Waals surface area contributed by atoms with E-state index in [1.165, 1.54) is 18.2 Å². The van der Waals surface area contributed by atoms with Gasteiger partial charge in [0.25, 0.3) is 0 Å². The molecule has 1 aliphatic rings. The zero-order valence-corrected chi connectivity index (χ0v) is 16.6. The number of rotatable bonds is 7. The Bertz CT molecular complexity index is 905.